The second-order valence-electron chi connectivity index (χ2n) is 3.75. The van der Waals surface area contributed by atoms with Crippen LogP contribution in [0.15, 0.2) is 24.5 Å². The number of nitrogens with one attached hydrogen (secondary N) is 1. The van der Waals surface area contributed by atoms with Gasteiger partial charge in [-0.15, -0.1) is 0 Å². The largest absolute Gasteiger partial charge is 0.545 e. The number of carbonyl (C=O) groups is 1. The number of hydrogen-bond donors (Lipinski definition) is 2. The van der Waals surface area contributed by atoms with Gasteiger partial charge < -0.3 is 20.3 Å². The van der Waals surface area contributed by atoms with Gasteiger partial charge in [0.15, 0.2) is 0 Å². The highest BCUT2D eigenvalue weighted by atomic mass is 16.4. The van der Waals surface area contributed by atoms with Crippen molar-refractivity contribution < 1.29 is 15.0 Å². The number of fused-ring (bicyclic) bond motifs is 1. The van der Waals surface area contributed by atoms with Crippen molar-refractivity contribution in [2.45, 2.75) is 6.42 Å². The molecule has 94 valence electrons. The standard InChI is InChI=1S/C12H13N3O3/c16-5-1-4-13-11-9-3-2-8(12(17)18)6-10(9)14-7-15-11/h2-3,6-7,16H,1,4-5H2,(H,17,18)(H,13,14,15)/p-1. The number of aromatic nitrogens is 2. The highest BCUT2D eigenvalue weighted by Crippen LogP contribution is 2.20. The molecule has 6 heteroatoms. The second kappa shape index (κ2) is 5.42. The van der Waals surface area contributed by atoms with Gasteiger partial charge in [0.1, 0.15) is 12.1 Å². The third-order valence-corrected chi connectivity index (χ3v) is 2.50. The van der Waals surface area contributed by atoms with Crippen LogP contribution >= 0.6 is 0 Å². The molecule has 0 radical (unpaired) electrons. The van der Waals surface area contributed by atoms with E-state index in [0.29, 0.717) is 24.3 Å². The van der Waals surface area contributed by atoms with Crippen molar-refractivity contribution in [2.24, 2.45) is 0 Å². The fraction of sp³-hybridized carbons (Fsp3) is 0.250. The van der Waals surface area contributed by atoms with Crippen molar-refractivity contribution in [1.82, 2.24) is 9.97 Å². The normalized spacial score (nSPS) is 10.5. The molecule has 0 unspecified atom stereocenters. The summed E-state index contributed by atoms with van der Waals surface area (Å²) in [6.45, 7) is 0.690. The lowest BCUT2D eigenvalue weighted by Crippen LogP contribution is -2.22. The van der Waals surface area contributed by atoms with E-state index in [1.807, 2.05) is 0 Å². The smallest absolute Gasteiger partial charge is 0.137 e. The van der Waals surface area contributed by atoms with E-state index in [-0.39, 0.29) is 12.2 Å². The van der Waals surface area contributed by atoms with Crippen LogP contribution in [0.1, 0.15) is 16.8 Å². The molecule has 2 rings (SSSR count). The van der Waals surface area contributed by atoms with Crippen LogP contribution in [0.2, 0.25) is 0 Å². The number of aliphatic hydroxyl groups excluding tert-OH is 1. The first-order valence-corrected chi connectivity index (χ1v) is 5.53. The van der Waals surface area contributed by atoms with Crippen LogP contribution in [0, 0.1) is 0 Å². The van der Waals surface area contributed by atoms with Gasteiger partial charge in [-0.25, -0.2) is 9.97 Å². The van der Waals surface area contributed by atoms with Crippen molar-refractivity contribution in [3.05, 3.63) is 30.1 Å². The van der Waals surface area contributed by atoms with E-state index in [0.717, 1.165) is 5.39 Å². The summed E-state index contributed by atoms with van der Waals surface area (Å²) < 4.78 is 0. The fourth-order valence-corrected chi connectivity index (χ4v) is 1.61. The molecule has 1 aromatic heterocycles. The summed E-state index contributed by atoms with van der Waals surface area (Å²) in [4.78, 5) is 18.9. The molecule has 0 aliphatic carbocycles. The number of carbonyl (C=O) groups excluding carboxylic acids is 1. The van der Waals surface area contributed by atoms with Gasteiger partial charge >= 0.3 is 0 Å². The summed E-state index contributed by atoms with van der Waals surface area (Å²) in [6.07, 6.45) is 1.98. The van der Waals surface area contributed by atoms with E-state index in [4.69, 9.17) is 5.11 Å². The minimum absolute atomic E-state index is 0.0857. The molecule has 2 aromatic rings. The molecule has 6 nitrogen and oxygen atoms in total. The number of carboxylic acids is 1. The SMILES string of the molecule is O=C([O-])c1ccc2c(NCCCO)ncnc2c1. The van der Waals surface area contributed by atoms with Gasteiger partial charge in [0, 0.05) is 18.5 Å². The van der Waals surface area contributed by atoms with Crippen LogP contribution < -0.4 is 10.4 Å². The minimum atomic E-state index is -1.23. The number of hydrogen-bond acceptors (Lipinski definition) is 6. The molecular weight excluding hydrogens is 234 g/mol. The average molecular weight is 246 g/mol. The molecule has 0 atom stereocenters. The Kier molecular flexibility index (Phi) is 3.69. The van der Waals surface area contributed by atoms with Crippen LogP contribution in [-0.4, -0.2) is 34.2 Å². The monoisotopic (exact) mass is 246 g/mol. The Bertz CT molecular complexity index is 571. The Morgan fingerprint density at radius 1 is 1.39 bits per heavy atom. The minimum Gasteiger partial charge on any atom is -0.545 e. The van der Waals surface area contributed by atoms with Crippen molar-refractivity contribution in [1.29, 1.82) is 0 Å². The van der Waals surface area contributed by atoms with Crippen LogP contribution in [0.25, 0.3) is 10.9 Å². The van der Waals surface area contributed by atoms with Crippen molar-refractivity contribution in [3.63, 3.8) is 0 Å². The molecule has 0 fully saturated rings. The third kappa shape index (κ3) is 2.54. The first-order valence-electron chi connectivity index (χ1n) is 5.53. The zero-order valence-corrected chi connectivity index (χ0v) is 9.59. The molecule has 0 saturated heterocycles. The maximum absolute atomic E-state index is 10.7. The number of benzene rings is 1. The molecule has 0 spiro atoms. The number of rotatable bonds is 5. The van der Waals surface area contributed by atoms with Gasteiger partial charge in [-0.3, -0.25) is 0 Å². The highest BCUT2D eigenvalue weighted by molar-refractivity contribution is 5.95. The van der Waals surface area contributed by atoms with Gasteiger partial charge in [0.25, 0.3) is 0 Å². The Balaban J connectivity index is 2.34. The fourth-order valence-electron chi connectivity index (χ4n) is 1.61. The topological polar surface area (TPSA) is 98.2 Å². The van der Waals surface area contributed by atoms with E-state index in [9.17, 15) is 9.90 Å². The quantitative estimate of drug-likeness (QED) is 0.708. The van der Waals surface area contributed by atoms with Gasteiger partial charge in [0.05, 0.1) is 11.5 Å². The Morgan fingerprint density at radius 2 is 2.22 bits per heavy atom. The van der Waals surface area contributed by atoms with Crippen molar-refractivity contribution >= 4 is 22.7 Å². The van der Waals surface area contributed by atoms with Gasteiger partial charge in [-0.05, 0) is 24.1 Å². The van der Waals surface area contributed by atoms with Crippen LogP contribution in [0.5, 0.6) is 0 Å². The molecule has 1 heterocycles. The number of carboxylic acid groups (broad SMARTS) is 1. The highest BCUT2D eigenvalue weighted by Gasteiger charge is 2.04. The van der Waals surface area contributed by atoms with Crippen molar-refractivity contribution in [3.8, 4) is 0 Å². The van der Waals surface area contributed by atoms with Gasteiger partial charge in [-0.1, -0.05) is 6.07 Å². The molecule has 0 saturated carbocycles. The Hall–Kier alpha value is -2.21. The van der Waals surface area contributed by atoms with Crippen molar-refractivity contribution in [2.75, 3.05) is 18.5 Å². The summed E-state index contributed by atoms with van der Waals surface area (Å²) in [7, 11) is 0. The number of aliphatic hydroxyl groups is 1. The van der Waals surface area contributed by atoms with Gasteiger partial charge in [-0.2, -0.15) is 0 Å². The first-order chi connectivity index (χ1) is 8.72. The van der Waals surface area contributed by atoms with Crippen LogP contribution in [0.3, 0.4) is 0 Å². The summed E-state index contributed by atoms with van der Waals surface area (Å²) in [5.74, 6) is -0.608. The Labute approximate surface area is 103 Å². The summed E-state index contributed by atoms with van der Waals surface area (Å²) >= 11 is 0. The van der Waals surface area contributed by atoms with Crippen LogP contribution in [-0.2, 0) is 0 Å². The van der Waals surface area contributed by atoms with E-state index in [1.165, 1.54) is 18.5 Å². The lowest BCUT2D eigenvalue weighted by atomic mass is 10.1. The Morgan fingerprint density at radius 3 is 2.94 bits per heavy atom. The maximum Gasteiger partial charge on any atom is 0.137 e. The predicted octanol–water partition coefficient (Wildman–Crippen LogP) is -0.212. The molecule has 0 amide bonds. The molecule has 1 aromatic carbocycles. The first kappa shape index (κ1) is 12.3. The summed E-state index contributed by atoms with van der Waals surface area (Å²) in [6, 6.07) is 4.55. The zero-order chi connectivity index (χ0) is 13.0. The van der Waals surface area contributed by atoms with E-state index in [1.54, 1.807) is 6.07 Å². The number of anilines is 1. The molecule has 0 bridgehead atoms. The summed E-state index contributed by atoms with van der Waals surface area (Å²) in [5.41, 5.74) is 0.626. The number of nitrogens with zero attached hydrogens (tertiary/aromatic N) is 2. The van der Waals surface area contributed by atoms with E-state index < -0.39 is 5.97 Å². The maximum atomic E-state index is 10.7. The predicted molar refractivity (Wildman–Crippen MR) is 64.1 cm³/mol. The molecule has 0 aliphatic heterocycles. The van der Waals surface area contributed by atoms with Crippen LogP contribution in [0.4, 0.5) is 5.82 Å². The van der Waals surface area contributed by atoms with E-state index >= 15 is 0 Å². The average Bonchev–Trinajstić information content (AvgIpc) is 2.38. The summed E-state index contributed by atoms with van der Waals surface area (Å²) in [5, 5.41) is 23.3. The molecule has 2 N–H and O–H groups in total. The number of aromatic carboxylic acids is 1. The molecular formula is C12H12N3O3-. The second-order valence-corrected chi connectivity index (χ2v) is 3.75. The van der Waals surface area contributed by atoms with Gasteiger partial charge in [0.2, 0.25) is 0 Å². The third-order valence-electron chi connectivity index (χ3n) is 2.50. The van der Waals surface area contributed by atoms with E-state index in [2.05, 4.69) is 15.3 Å². The lowest BCUT2D eigenvalue weighted by molar-refractivity contribution is -0.255. The molecule has 18 heavy (non-hydrogen) atoms. The molecule has 0 aliphatic rings. The lowest BCUT2D eigenvalue weighted by Gasteiger charge is -2.09. The zero-order valence-electron chi connectivity index (χ0n) is 9.59.